The Kier molecular flexibility index (Phi) is 9.72. The van der Waals surface area contributed by atoms with Crippen molar-refractivity contribution in [2.24, 2.45) is 5.10 Å². The lowest BCUT2D eigenvalue weighted by molar-refractivity contribution is -0.127. The van der Waals surface area contributed by atoms with E-state index in [4.69, 9.17) is 18.9 Å². The van der Waals surface area contributed by atoms with Crippen molar-refractivity contribution in [1.29, 1.82) is 0 Å². The minimum Gasteiger partial charge on any atom is -0.494 e. The van der Waals surface area contributed by atoms with Crippen molar-refractivity contribution in [2.45, 2.75) is 32.8 Å². The second-order valence-electron chi connectivity index (χ2n) is 9.00. The molecule has 4 rings (SSSR count). The molecule has 0 saturated carbocycles. The number of nitrogens with one attached hydrogen (secondary N) is 1. The number of carbonyl (C=O) groups is 2. The number of benzene rings is 4. The standard InChI is InChI=1S/C32H32N2O6/c1-4-5-19-38-26-16-14-25(15-17-26)32(36)40-29-18-13-23(20-30(29)37-3)21-33-34-31(35)22(2)39-28-12-8-10-24-9-6-7-11-27(24)28/h6-18,20-22H,4-5,19H2,1-3H3,(H,34,35)/b33-21-/t22-/m1/s1. The van der Waals surface area contributed by atoms with E-state index in [9.17, 15) is 9.59 Å². The highest BCUT2D eigenvalue weighted by Crippen LogP contribution is 2.29. The molecule has 1 amide bonds. The van der Waals surface area contributed by atoms with Crippen molar-refractivity contribution < 1.29 is 28.5 Å². The van der Waals surface area contributed by atoms with Crippen LogP contribution in [0.15, 0.2) is 90.0 Å². The minimum absolute atomic E-state index is 0.258. The summed E-state index contributed by atoms with van der Waals surface area (Å²) in [6.07, 6.45) is 2.72. The van der Waals surface area contributed by atoms with E-state index in [1.165, 1.54) is 13.3 Å². The largest absolute Gasteiger partial charge is 0.494 e. The Hall–Kier alpha value is -4.85. The van der Waals surface area contributed by atoms with Crippen molar-refractivity contribution in [1.82, 2.24) is 5.43 Å². The van der Waals surface area contributed by atoms with Crippen LogP contribution < -0.4 is 24.4 Å². The van der Waals surface area contributed by atoms with Crippen molar-refractivity contribution in [3.8, 4) is 23.0 Å². The van der Waals surface area contributed by atoms with E-state index in [-0.39, 0.29) is 5.75 Å². The maximum atomic E-state index is 12.6. The molecule has 8 nitrogen and oxygen atoms in total. The van der Waals surface area contributed by atoms with Crippen molar-refractivity contribution in [3.05, 3.63) is 96.1 Å². The van der Waals surface area contributed by atoms with Gasteiger partial charge >= 0.3 is 5.97 Å². The van der Waals surface area contributed by atoms with E-state index in [2.05, 4.69) is 17.5 Å². The van der Waals surface area contributed by atoms with E-state index >= 15 is 0 Å². The van der Waals surface area contributed by atoms with Crippen LogP contribution in [0.3, 0.4) is 0 Å². The summed E-state index contributed by atoms with van der Waals surface area (Å²) < 4.78 is 22.5. The highest BCUT2D eigenvalue weighted by atomic mass is 16.6. The summed E-state index contributed by atoms with van der Waals surface area (Å²) in [5.41, 5.74) is 3.51. The molecular weight excluding hydrogens is 508 g/mol. The normalized spacial score (nSPS) is 11.7. The Morgan fingerprint density at radius 1 is 0.925 bits per heavy atom. The Labute approximate surface area is 233 Å². The molecule has 0 aliphatic rings. The van der Waals surface area contributed by atoms with Crippen LogP contribution in [0.5, 0.6) is 23.0 Å². The molecule has 0 radical (unpaired) electrons. The molecule has 206 valence electrons. The van der Waals surface area contributed by atoms with Gasteiger partial charge in [-0.2, -0.15) is 5.10 Å². The number of hydrogen-bond acceptors (Lipinski definition) is 7. The topological polar surface area (TPSA) is 95.5 Å². The van der Waals surface area contributed by atoms with Gasteiger partial charge in [-0.15, -0.1) is 0 Å². The van der Waals surface area contributed by atoms with Gasteiger partial charge in [0.25, 0.3) is 5.91 Å². The number of hydrazone groups is 1. The lowest BCUT2D eigenvalue weighted by atomic mass is 10.1. The van der Waals surface area contributed by atoms with Gasteiger partial charge in [-0.25, -0.2) is 10.2 Å². The molecule has 0 fully saturated rings. The number of amides is 1. The maximum absolute atomic E-state index is 12.6. The van der Waals surface area contributed by atoms with Gasteiger partial charge in [0.15, 0.2) is 17.6 Å². The van der Waals surface area contributed by atoms with Crippen LogP contribution in [0.1, 0.15) is 42.6 Å². The van der Waals surface area contributed by atoms with Crippen molar-refractivity contribution in [2.75, 3.05) is 13.7 Å². The lowest BCUT2D eigenvalue weighted by Crippen LogP contribution is -2.33. The number of unbranched alkanes of at least 4 members (excludes halogenated alkanes) is 1. The first-order chi connectivity index (χ1) is 19.5. The highest BCUT2D eigenvalue weighted by molar-refractivity contribution is 5.92. The first-order valence-electron chi connectivity index (χ1n) is 13.1. The first kappa shape index (κ1) is 28.2. The van der Waals surface area contributed by atoms with E-state index in [1.807, 2.05) is 42.5 Å². The van der Waals surface area contributed by atoms with Gasteiger partial charge in [0.05, 0.1) is 25.5 Å². The Morgan fingerprint density at radius 3 is 2.48 bits per heavy atom. The van der Waals surface area contributed by atoms with Crippen LogP contribution in [0.4, 0.5) is 0 Å². The minimum atomic E-state index is -0.767. The smallest absolute Gasteiger partial charge is 0.343 e. The summed E-state index contributed by atoms with van der Waals surface area (Å²) >= 11 is 0. The number of methoxy groups -OCH3 is 1. The molecule has 0 bridgehead atoms. The van der Waals surface area contributed by atoms with Gasteiger partial charge in [-0.1, -0.05) is 49.7 Å². The molecule has 4 aromatic carbocycles. The average Bonchev–Trinajstić information content (AvgIpc) is 2.98. The van der Waals surface area contributed by atoms with E-state index in [0.717, 1.165) is 23.6 Å². The zero-order valence-electron chi connectivity index (χ0n) is 22.8. The second-order valence-corrected chi connectivity index (χ2v) is 9.00. The van der Waals surface area contributed by atoms with Crippen LogP contribution in [0.25, 0.3) is 10.8 Å². The number of rotatable bonds is 12. The molecular formula is C32H32N2O6. The Morgan fingerprint density at radius 2 is 1.70 bits per heavy atom. The molecule has 0 aliphatic heterocycles. The molecule has 1 N–H and O–H groups in total. The monoisotopic (exact) mass is 540 g/mol. The number of ether oxygens (including phenoxy) is 4. The fraction of sp³-hybridized carbons (Fsp3) is 0.219. The molecule has 0 aliphatic carbocycles. The Bertz CT molecular complexity index is 1480. The van der Waals surface area contributed by atoms with Crippen LogP contribution >= 0.6 is 0 Å². The van der Waals surface area contributed by atoms with Gasteiger partial charge in [0, 0.05) is 5.39 Å². The molecule has 0 heterocycles. The third-order valence-electron chi connectivity index (χ3n) is 6.06. The van der Waals surface area contributed by atoms with Gasteiger partial charge in [-0.05, 0) is 72.8 Å². The Balaban J connectivity index is 1.33. The summed E-state index contributed by atoms with van der Waals surface area (Å²) in [7, 11) is 1.48. The predicted molar refractivity (Wildman–Crippen MR) is 155 cm³/mol. The number of nitrogens with zero attached hydrogens (tertiary/aromatic N) is 1. The first-order valence-corrected chi connectivity index (χ1v) is 13.1. The number of fused-ring (bicyclic) bond motifs is 1. The SMILES string of the molecule is CCCCOc1ccc(C(=O)Oc2ccc(/C=N\NC(=O)[C@@H](C)Oc3cccc4ccccc34)cc2OC)cc1. The van der Waals surface area contributed by atoms with Gasteiger partial charge in [-0.3, -0.25) is 4.79 Å². The quantitative estimate of drug-likeness (QED) is 0.0760. The van der Waals surface area contributed by atoms with Gasteiger partial charge in [0.2, 0.25) is 0 Å². The molecule has 40 heavy (non-hydrogen) atoms. The fourth-order valence-electron chi connectivity index (χ4n) is 3.83. The number of carbonyl (C=O) groups excluding carboxylic acids is 2. The van der Waals surface area contributed by atoms with E-state index in [0.29, 0.717) is 35.0 Å². The van der Waals surface area contributed by atoms with Crippen LogP contribution in [-0.2, 0) is 4.79 Å². The van der Waals surface area contributed by atoms with Gasteiger partial charge < -0.3 is 18.9 Å². The lowest BCUT2D eigenvalue weighted by Gasteiger charge is -2.14. The summed E-state index contributed by atoms with van der Waals surface area (Å²) in [6, 6.07) is 25.3. The second kappa shape index (κ2) is 13.8. The molecule has 1 atom stereocenters. The molecule has 0 spiro atoms. The third kappa shape index (κ3) is 7.38. The zero-order valence-corrected chi connectivity index (χ0v) is 22.8. The van der Waals surface area contributed by atoms with Crippen LogP contribution in [0, 0.1) is 0 Å². The molecule has 0 saturated heterocycles. The zero-order chi connectivity index (χ0) is 28.3. The predicted octanol–water partition coefficient (Wildman–Crippen LogP) is 6.16. The van der Waals surface area contributed by atoms with E-state index in [1.54, 1.807) is 49.4 Å². The average molecular weight is 541 g/mol. The molecule has 4 aromatic rings. The molecule has 8 heteroatoms. The highest BCUT2D eigenvalue weighted by Gasteiger charge is 2.16. The summed E-state index contributed by atoms with van der Waals surface area (Å²) in [4.78, 5) is 25.2. The van der Waals surface area contributed by atoms with Gasteiger partial charge in [0.1, 0.15) is 11.5 Å². The number of hydrogen-bond donors (Lipinski definition) is 1. The molecule has 0 unspecified atom stereocenters. The van der Waals surface area contributed by atoms with Crippen LogP contribution in [0.2, 0.25) is 0 Å². The fourth-order valence-corrected chi connectivity index (χ4v) is 3.83. The number of esters is 1. The van der Waals surface area contributed by atoms with E-state index < -0.39 is 18.0 Å². The van der Waals surface area contributed by atoms with Crippen LogP contribution in [-0.4, -0.2) is 37.9 Å². The third-order valence-corrected chi connectivity index (χ3v) is 6.06. The maximum Gasteiger partial charge on any atom is 0.343 e. The molecule has 0 aromatic heterocycles. The summed E-state index contributed by atoms with van der Waals surface area (Å²) in [5.74, 6) is 1.00. The summed E-state index contributed by atoms with van der Waals surface area (Å²) in [5, 5.41) is 5.99. The van der Waals surface area contributed by atoms with Crippen molar-refractivity contribution in [3.63, 3.8) is 0 Å². The summed E-state index contributed by atoms with van der Waals surface area (Å²) in [6.45, 7) is 4.39. The van der Waals surface area contributed by atoms with Crippen molar-refractivity contribution >= 4 is 28.9 Å².